The molecule has 1 aliphatic rings. The van der Waals surface area contributed by atoms with E-state index in [9.17, 15) is 0 Å². The molecule has 18 heavy (non-hydrogen) atoms. The molecule has 0 spiro atoms. The van der Waals surface area contributed by atoms with Crippen LogP contribution in [0.15, 0.2) is 17.4 Å². The van der Waals surface area contributed by atoms with Gasteiger partial charge in [0.05, 0.1) is 11.8 Å². The van der Waals surface area contributed by atoms with Gasteiger partial charge in [-0.25, -0.2) is 0 Å². The van der Waals surface area contributed by atoms with Crippen molar-refractivity contribution in [2.45, 2.75) is 12.5 Å². The Morgan fingerprint density at radius 3 is 3.00 bits per heavy atom. The minimum absolute atomic E-state index is 0.0632. The van der Waals surface area contributed by atoms with Gasteiger partial charge in [0.1, 0.15) is 0 Å². The van der Waals surface area contributed by atoms with Crippen LogP contribution >= 0.6 is 0 Å². The summed E-state index contributed by atoms with van der Waals surface area (Å²) in [4.78, 5) is 4.31. The Kier molecular flexibility index (Phi) is 3.61. The lowest BCUT2D eigenvalue weighted by Crippen LogP contribution is -2.32. The summed E-state index contributed by atoms with van der Waals surface area (Å²) in [5, 5.41) is 19.8. The molecule has 0 amide bonds. The Balaban J connectivity index is 2.25. The minimum Gasteiger partial charge on any atom is -0.409 e. The largest absolute Gasteiger partial charge is 0.409 e. The van der Waals surface area contributed by atoms with E-state index in [4.69, 9.17) is 10.9 Å². The topological polar surface area (TPSA) is 90.9 Å². The highest BCUT2D eigenvalue weighted by molar-refractivity contribution is 6.01. The zero-order valence-electron chi connectivity index (χ0n) is 10.6. The summed E-state index contributed by atoms with van der Waals surface area (Å²) >= 11 is 0. The van der Waals surface area contributed by atoms with E-state index in [1.165, 1.54) is 6.20 Å². The molecule has 0 aromatic carbocycles. The maximum Gasteiger partial charge on any atom is 0.173 e. The molecule has 1 fully saturated rings. The molecule has 0 radical (unpaired) electrons. The van der Waals surface area contributed by atoms with Crippen molar-refractivity contribution in [2.75, 3.05) is 32.1 Å². The van der Waals surface area contributed by atoms with Crippen molar-refractivity contribution in [2.24, 2.45) is 10.9 Å². The van der Waals surface area contributed by atoms with Gasteiger partial charge in [0.2, 0.25) is 0 Å². The van der Waals surface area contributed by atoms with Crippen LogP contribution in [0.2, 0.25) is 0 Å². The Morgan fingerprint density at radius 1 is 1.61 bits per heavy atom. The minimum atomic E-state index is 0.0632. The van der Waals surface area contributed by atoms with E-state index in [2.05, 4.69) is 39.2 Å². The number of nitrogens with zero attached hydrogens (tertiary/aromatic N) is 5. The van der Waals surface area contributed by atoms with Crippen molar-refractivity contribution in [1.82, 2.24) is 15.1 Å². The fraction of sp³-hybridized carbons (Fsp3) is 0.545. The van der Waals surface area contributed by atoms with Gasteiger partial charge in [-0.2, -0.15) is 5.10 Å². The number of nitrogens with two attached hydrogens (primary N) is 1. The molecule has 2 heterocycles. The number of hydrogen-bond acceptors (Lipinski definition) is 6. The molecule has 98 valence electrons. The molecule has 7 nitrogen and oxygen atoms in total. The summed E-state index contributed by atoms with van der Waals surface area (Å²) in [6.07, 6.45) is 2.61. The molecule has 2 rings (SSSR count). The van der Waals surface area contributed by atoms with E-state index in [1.54, 1.807) is 6.07 Å². The first kappa shape index (κ1) is 12.6. The van der Waals surface area contributed by atoms with Gasteiger partial charge in [0.15, 0.2) is 11.7 Å². The highest BCUT2D eigenvalue weighted by Gasteiger charge is 2.27. The van der Waals surface area contributed by atoms with E-state index < -0.39 is 0 Å². The molecule has 1 unspecified atom stereocenters. The smallest absolute Gasteiger partial charge is 0.173 e. The molecule has 0 bridgehead atoms. The average molecular weight is 250 g/mol. The number of rotatable bonds is 3. The molecule has 0 aliphatic carbocycles. The fourth-order valence-electron chi connectivity index (χ4n) is 2.17. The fourth-order valence-corrected chi connectivity index (χ4v) is 2.17. The van der Waals surface area contributed by atoms with Gasteiger partial charge < -0.3 is 20.7 Å². The lowest BCUT2D eigenvalue weighted by molar-refractivity contribution is 0.315. The summed E-state index contributed by atoms with van der Waals surface area (Å²) in [7, 11) is 4.13. The second-order valence-electron chi connectivity index (χ2n) is 4.61. The third-order valence-electron chi connectivity index (χ3n) is 3.28. The van der Waals surface area contributed by atoms with Crippen LogP contribution in [-0.4, -0.2) is 59.4 Å². The Labute approximate surface area is 106 Å². The van der Waals surface area contributed by atoms with Gasteiger partial charge in [0, 0.05) is 19.1 Å². The van der Waals surface area contributed by atoms with Crippen LogP contribution in [0, 0.1) is 0 Å². The van der Waals surface area contributed by atoms with Crippen molar-refractivity contribution in [3.8, 4) is 0 Å². The molecule has 1 aromatic heterocycles. The predicted molar refractivity (Wildman–Crippen MR) is 68.8 cm³/mol. The molecular formula is C11H18N6O. The third-order valence-corrected chi connectivity index (χ3v) is 3.28. The molecule has 1 aromatic rings. The lowest BCUT2D eigenvalue weighted by Gasteiger charge is -2.21. The van der Waals surface area contributed by atoms with Crippen molar-refractivity contribution in [3.63, 3.8) is 0 Å². The first-order chi connectivity index (χ1) is 8.63. The maximum absolute atomic E-state index is 8.78. The van der Waals surface area contributed by atoms with Crippen LogP contribution in [0.25, 0.3) is 0 Å². The Hall–Kier alpha value is -1.89. The lowest BCUT2D eigenvalue weighted by atomic mass is 10.2. The van der Waals surface area contributed by atoms with E-state index in [0.717, 1.165) is 19.5 Å². The average Bonchev–Trinajstić information content (AvgIpc) is 2.87. The van der Waals surface area contributed by atoms with Crippen molar-refractivity contribution in [3.05, 3.63) is 17.8 Å². The van der Waals surface area contributed by atoms with Gasteiger partial charge in [0.25, 0.3) is 0 Å². The molecular weight excluding hydrogens is 232 g/mol. The quantitative estimate of drug-likeness (QED) is 0.331. The second kappa shape index (κ2) is 5.18. The van der Waals surface area contributed by atoms with Crippen LogP contribution in [0.1, 0.15) is 12.0 Å². The predicted octanol–water partition coefficient (Wildman–Crippen LogP) is -0.289. The van der Waals surface area contributed by atoms with Gasteiger partial charge in [-0.3, -0.25) is 0 Å². The Morgan fingerprint density at radius 2 is 2.39 bits per heavy atom. The SMILES string of the molecule is CN(C)C1CCN(c2nnccc2/C(N)=N/O)C1. The van der Waals surface area contributed by atoms with E-state index in [0.29, 0.717) is 17.4 Å². The number of anilines is 1. The standard InChI is InChI=1S/C11H18N6O/c1-16(2)8-4-6-17(7-8)11-9(10(12)15-18)3-5-13-14-11/h3,5,8,18H,4,6-7H2,1-2H3,(H2,12,15). The summed E-state index contributed by atoms with van der Waals surface area (Å²) < 4.78 is 0. The second-order valence-corrected chi connectivity index (χ2v) is 4.61. The summed E-state index contributed by atoms with van der Waals surface area (Å²) in [6.45, 7) is 1.77. The van der Waals surface area contributed by atoms with Crippen LogP contribution in [0.3, 0.4) is 0 Å². The zero-order valence-corrected chi connectivity index (χ0v) is 10.6. The molecule has 7 heteroatoms. The molecule has 1 saturated heterocycles. The Bertz CT molecular complexity index is 447. The molecule has 1 aliphatic heterocycles. The van der Waals surface area contributed by atoms with E-state index in [-0.39, 0.29) is 5.84 Å². The summed E-state index contributed by atoms with van der Waals surface area (Å²) in [5.41, 5.74) is 6.27. The highest BCUT2D eigenvalue weighted by atomic mass is 16.4. The summed E-state index contributed by atoms with van der Waals surface area (Å²) in [6, 6.07) is 2.20. The van der Waals surface area contributed by atoms with Crippen LogP contribution in [-0.2, 0) is 0 Å². The number of amidine groups is 1. The zero-order chi connectivity index (χ0) is 13.1. The van der Waals surface area contributed by atoms with E-state index in [1.807, 2.05) is 0 Å². The first-order valence-electron chi connectivity index (χ1n) is 5.84. The number of oxime groups is 1. The highest BCUT2D eigenvalue weighted by Crippen LogP contribution is 2.22. The molecule has 3 N–H and O–H groups in total. The summed E-state index contributed by atoms with van der Waals surface area (Å²) in [5.74, 6) is 0.741. The van der Waals surface area contributed by atoms with E-state index >= 15 is 0 Å². The van der Waals surface area contributed by atoms with Crippen LogP contribution in [0.5, 0.6) is 0 Å². The van der Waals surface area contributed by atoms with Crippen molar-refractivity contribution >= 4 is 11.7 Å². The molecule has 1 atom stereocenters. The van der Waals surface area contributed by atoms with Crippen LogP contribution in [0.4, 0.5) is 5.82 Å². The molecule has 0 saturated carbocycles. The number of likely N-dealkylation sites (N-methyl/N-ethyl adjacent to an activating group) is 1. The monoisotopic (exact) mass is 250 g/mol. The van der Waals surface area contributed by atoms with Crippen LogP contribution < -0.4 is 10.6 Å². The maximum atomic E-state index is 8.78. The van der Waals surface area contributed by atoms with Gasteiger partial charge in [-0.05, 0) is 26.6 Å². The number of aromatic nitrogens is 2. The van der Waals surface area contributed by atoms with Gasteiger partial charge in [-0.15, -0.1) is 5.10 Å². The number of hydrogen-bond donors (Lipinski definition) is 2. The van der Waals surface area contributed by atoms with Gasteiger partial charge >= 0.3 is 0 Å². The van der Waals surface area contributed by atoms with Crippen molar-refractivity contribution < 1.29 is 5.21 Å². The normalized spacial score (nSPS) is 20.7. The first-order valence-corrected chi connectivity index (χ1v) is 5.84. The van der Waals surface area contributed by atoms with Crippen molar-refractivity contribution in [1.29, 1.82) is 0 Å². The van der Waals surface area contributed by atoms with Gasteiger partial charge in [-0.1, -0.05) is 5.16 Å². The third kappa shape index (κ3) is 2.35.